The van der Waals surface area contributed by atoms with Gasteiger partial charge in [0.05, 0.1) is 0 Å². The summed E-state index contributed by atoms with van der Waals surface area (Å²) in [6, 6.07) is 3.00. The van der Waals surface area contributed by atoms with Gasteiger partial charge >= 0.3 is 0 Å². The van der Waals surface area contributed by atoms with Crippen LogP contribution in [-0.4, -0.2) is 46.8 Å². The molecule has 2 amide bonds. The maximum absolute atomic E-state index is 13.2. The molecule has 1 aliphatic rings. The summed E-state index contributed by atoms with van der Waals surface area (Å²) in [5.74, 6) is -2.68. The third-order valence-corrected chi connectivity index (χ3v) is 3.48. The topological polar surface area (TPSA) is 40.6 Å². The van der Waals surface area contributed by atoms with Crippen molar-refractivity contribution in [2.24, 2.45) is 0 Å². The molecule has 0 radical (unpaired) electrons. The minimum absolute atomic E-state index is 0.0465. The van der Waals surface area contributed by atoms with Crippen molar-refractivity contribution in [1.82, 2.24) is 9.80 Å². The summed E-state index contributed by atoms with van der Waals surface area (Å²) in [6.07, 6.45) is 0. The third kappa shape index (κ3) is 3.20. The molecule has 6 heteroatoms. The van der Waals surface area contributed by atoms with E-state index in [0.717, 1.165) is 12.1 Å². The van der Waals surface area contributed by atoms with Crippen LogP contribution in [0.15, 0.2) is 18.2 Å². The second-order valence-corrected chi connectivity index (χ2v) is 6.07. The van der Waals surface area contributed by atoms with Crippen molar-refractivity contribution in [2.45, 2.75) is 26.3 Å². The number of hydrogen-bond donors (Lipinski definition) is 0. The van der Waals surface area contributed by atoms with E-state index >= 15 is 0 Å². The number of hydrogen-bond acceptors (Lipinski definition) is 2. The molecule has 1 heterocycles. The van der Waals surface area contributed by atoms with Crippen LogP contribution in [0.25, 0.3) is 0 Å². The fraction of sp³-hybridized carbons (Fsp3) is 0.467. The number of rotatable bonds is 1. The van der Waals surface area contributed by atoms with Gasteiger partial charge in [-0.15, -0.1) is 0 Å². The fourth-order valence-electron chi connectivity index (χ4n) is 2.37. The van der Waals surface area contributed by atoms with Crippen molar-refractivity contribution in [2.75, 3.05) is 19.6 Å². The molecule has 21 heavy (non-hydrogen) atoms. The molecular formula is C15H18F2N2O2. The largest absolute Gasteiger partial charge is 0.335 e. The molecule has 114 valence electrons. The summed E-state index contributed by atoms with van der Waals surface area (Å²) in [5.41, 5.74) is -0.250. The molecule has 0 spiro atoms. The Hall–Kier alpha value is -1.98. The Balaban J connectivity index is 2.12. The zero-order valence-electron chi connectivity index (χ0n) is 12.3. The van der Waals surface area contributed by atoms with E-state index in [2.05, 4.69) is 0 Å². The van der Waals surface area contributed by atoms with Gasteiger partial charge in [-0.1, -0.05) is 0 Å². The van der Waals surface area contributed by atoms with Crippen LogP contribution in [0.1, 0.15) is 31.1 Å². The van der Waals surface area contributed by atoms with Crippen LogP contribution in [-0.2, 0) is 4.79 Å². The molecular weight excluding hydrogens is 278 g/mol. The minimum atomic E-state index is -1.07. The van der Waals surface area contributed by atoms with Gasteiger partial charge in [-0.05, 0) is 39.0 Å². The molecule has 0 aliphatic carbocycles. The molecule has 0 N–H and O–H groups in total. The van der Waals surface area contributed by atoms with Crippen molar-refractivity contribution in [1.29, 1.82) is 0 Å². The molecule has 0 unspecified atom stereocenters. The highest BCUT2D eigenvalue weighted by atomic mass is 19.2. The van der Waals surface area contributed by atoms with Crippen molar-refractivity contribution in [3.05, 3.63) is 35.4 Å². The minimum Gasteiger partial charge on any atom is -0.335 e. The number of carbonyl (C=O) groups excluding carboxylic acids is 2. The zero-order chi connectivity index (χ0) is 15.8. The summed E-state index contributed by atoms with van der Waals surface area (Å²) >= 11 is 0. The number of halogens is 2. The summed E-state index contributed by atoms with van der Waals surface area (Å²) in [5, 5.41) is 0. The number of nitrogens with zero attached hydrogens (tertiary/aromatic N) is 2. The molecule has 2 rings (SSSR count). The Morgan fingerprint density at radius 2 is 1.81 bits per heavy atom. The first-order valence-corrected chi connectivity index (χ1v) is 6.75. The molecule has 1 aliphatic heterocycles. The lowest BCUT2D eigenvalue weighted by Crippen LogP contribution is -2.58. The second kappa shape index (κ2) is 5.42. The van der Waals surface area contributed by atoms with Gasteiger partial charge < -0.3 is 9.80 Å². The van der Waals surface area contributed by atoms with Gasteiger partial charge in [0.15, 0.2) is 11.6 Å². The van der Waals surface area contributed by atoms with Crippen LogP contribution in [0.5, 0.6) is 0 Å². The highest BCUT2D eigenvalue weighted by Crippen LogP contribution is 2.19. The average Bonchev–Trinajstić information content (AvgIpc) is 2.39. The Morgan fingerprint density at radius 1 is 1.14 bits per heavy atom. The molecule has 0 saturated carbocycles. The molecule has 1 aromatic rings. The molecule has 0 aromatic heterocycles. The summed E-state index contributed by atoms with van der Waals surface area (Å²) in [6.45, 7) is 6.54. The van der Waals surface area contributed by atoms with Gasteiger partial charge in [-0.3, -0.25) is 9.59 Å². The first-order chi connectivity index (χ1) is 9.70. The molecule has 1 saturated heterocycles. The van der Waals surface area contributed by atoms with Gasteiger partial charge in [-0.25, -0.2) is 8.78 Å². The molecule has 0 bridgehead atoms. The maximum Gasteiger partial charge on any atom is 0.254 e. The summed E-state index contributed by atoms with van der Waals surface area (Å²) in [4.78, 5) is 27.4. The maximum atomic E-state index is 13.2. The van der Waals surface area contributed by atoms with Gasteiger partial charge in [-0.2, -0.15) is 0 Å². The molecule has 0 atom stereocenters. The first kappa shape index (κ1) is 15.4. The van der Waals surface area contributed by atoms with Crippen molar-refractivity contribution in [3.8, 4) is 0 Å². The predicted octanol–water partition coefficient (Wildman–Crippen LogP) is 2.05. The monoisotopic (exact) mass is 296 g/mol. The standard InChI is InChI=1S/C15H18F2N2O2/c1-15(2,3)19-7-6-18(9-13(19)20)14(21)10-4-5-11(16)12(17)8-10/h4-5,8H,6-7,9H2,1-3H3. The van der Waals surface area contributed by atoms with Crippen molar-refractivity contribution >= 4 is 11.8 Å². The van der Waals surface area contributed by atoms with Crippen LogP contribution in [0.3, 0.4) is 0 Å². The summed E-state index contributed by atoms with van der Waals surface area (Å²) in [7, 11) is 0. The van der Waals surface area contributed by atoms with Gasteiger partial charge in [0, 0.05) is 24.2 Å². The normalized spacial score (nSPS) is 16.3. The Kier molecular flexibility index (Phi) is 3.98. The number of carbonyl (C=O) groups is 2. The van der Waals surface area contributed by atoms with Gasteiger partial charge in [0.25, 0.3) is 5.91 Å². The third-order valence-electron chi connectivity index (χ3n) is 3.48. The SMILES string of the molecule is CC(C)(C)N1CCN(C(=O)c2ccc(F)c(F)c2)CC1=O. The first-order valence-electron chi connectivity index (χ1n) is 6.75. The zero-order valence-corrected chi connectivity index (χ0v) is 12.3. The smallest absolute Gasteiger partial charge is 0.254 e. The molecule has 1 fully saturated rings. The lowest BCUT2D eigenvalue weighted by molar-refractivity contribution is -0.140. The van der Waals surface area contributed by atoms with E-state index in [1.165, 1.54) is 11.0 Å². The number of piperazine rings is 1. The van der Waals surface area contributed by atoms with E-state index < -0.39 is 17.5 Å². The van der Waals surface area contributed by atoms with E-state index in [4.69, 9.17) is 0 Å². The fourth-order valence-corrected chi connectivity index (χ4v) is 2.37. The Labute approximate surface area is 122 Å². The van der Waals surface area contributed by atoms with Crippen molar-refractivity contribution in [3.63, 3.8) is 0 Å². The Morgan fingerprint density at radius 3 is 2.33 bits per heavy atom. The lowest BCUT2D eigenvalue weighted by atomic mass is 10.0. The second-order valence-electron chi connectivity index (χ2n) is 6.07. The van der Waals surface area contributed by atoms with Crippen LogP contribution < -0.4 is 0 Å². The van der Waals surface area contributed by atoms with E-state index in [9.17, 15) is 18.4 Å². The highest BCUT2D eigenvalue weighted by molar-refractivity contribution is 5.97. The van der Waals surface area contributed by atoms with E-state index in [0.29, 0.717) is 13.1 Å². The van der Waals surface area contributed by atoms with Crippen LogP contribution >= 0.6 is 0 Å². The van der Waals surface area contributed by atoms with Crippen LogP contribution in [0.2, 0.25) is 0 Å². The van der Waals surface area contributed by atoms with Crippen LogP contribution in [0, 0.1) is 11.6 Å². The predicted molar refractivity (Wildman–Crippen MR) is 73.7 cm³/mol. The summed E-state index contributed by atoms with van der Waals surface area (Å²) < 4.78 is 26.1. The quantitative estimate of drug-likeness (QED) is 0.796. The molecule has 1 aromatic carbocycles. The average molecular weight is 296 g/mol. The van der Waals surface area contributed by atoms with Gasteiger partial charge in [0.1, 0.15) is 6.54 Å². The van der Waals surface area contributed by atoms with E-state index in [1.54, 1.807) is 4.90 Å². The number of amides is 2. The van der Waals surface area contributed by atoms with E-state index in [-0.39, 0.29) is 23.6 Å². The molecule has 4 nitrogen and oxygen atoms in total. The Bertz CT molecular complexity index is 582. The van der Waals surface area contributed by atoms with E-state index in [1.807, 2.05) is 20.8 Å². The lowest BCUT2D eigenvalue weighted by Gasteiger charge is -2.42. The number of benzene rings is 1. The highest BCUT2D eigenvalue weighted by Gasteiger charge is 2.33. The van der Waals surface area contributed by atoms with Gasteiger partial charge in [0.2, 0.25) is 5.91 Å². The van der Waals surface area contributed by atoms with Crippen molar-refractivity contribution < 1.29 is 18.4 Å². The van der Waals surface area contributed by atoms with Crippen LogP contribution in [0.4, 0.5) is 8.78 Å².